The zero-order valence-corrected chi connectivity index (χ0v) is 20.1. The molecule has 1 N–H and O–H groups in total. The second-order valence-corrected chi connectivity index (χ2v) is 10.5. The minimum atomic E-state index is -1.23. The molecule has 0 saturated carbocycles. The number of aliphatic hydroxyl groups is 1. The van der Waals surface area contributed by atoms with Gasteiger partial charge in [0.15, 0.2) is 0 Å². The Hall–Kier alpha value is -2.19. The van der Waals surface area contributed by atoms with Crippen molar-refractivity contribution in [3.63, 3.8) is 0 Å². The summed E-state index contributed by atoms with van der Waals surface area (Å²) in [5.41, 5.74) is -2.66. The number of hydrogen-bond acceptors (Lipinski definition) is 6. The molecule has 0 aliphatic carbocycles. The fraction of sp³-hybridized carbons (Fsp3) is 0.720. The Bertz CT molecular complexity index is 877. The molecule has 0 aromatic heterocycles. The van der Waals surface area contributed by atoms with Gasteiger partial charge in [0, 0.05) is 25.2 Å². The number of rotatable bonds is 6. The topological polar surface area (TPSA) is 96.4 Å². The lowest BCUT2D eigenvalue weighted by molar-refractivity contribution is -0.160. The van der Waals surface area contributed by atoms with Gasteiger partial charge in [0.2, 0.25) is 11.8 Å². The molecule has 8 nitrogen and oxygen atoms in total. The molecular weight excluding hydrogens is 424 g/mol. The van der Waals surface area contributed by atoms with Crippen molar-refractivity contribution in [2.45, 2.75) is 76.2 Å². The summed E-state index contributed by atoms with van der Waals surface area (Å²) in [6, 6.07) is -0.848. The highest BCUT2D eigenvalue weighted by Crippen LogP contribution is 2.58. The Labute approximate surface area is 195 Å². The number of fused-ring (bicyclic) bond motifs is 2. The largest absolute Gasteiger partial charge is 0.461 e. The first-order chi connectivity index (χ1) is 15.6. The van der Waals surface area contributed by atoms with Gasteiger partial charge in [-0.3, -0.25) is 14.4 Å². The van der Waals surface area contributed by atoms with Crippen LogP contribution in [0.25, 0.3) is 0 Å². The third-order valence-corrected chi connectivity index (χ3v) is 7.56. The molecule has 182 valence electrons. The minimum absolute atomic E-state index is 0.0891. The molecule has 8 heteroatoms. The van der Waals surface area contributed by atoms with Crippen LogP contribution in [0.4, 0.5) is 0 Å². The molecule has 33 heavy (non-hydrogen) atoms. The quantitative estimate of drug-likeness (QED) is 0.369. The van der Waals surface area contributed by atoms with Gasteiger partial charge >= 0.3 is 5.97 Å². The number of aliphatic hydroxyl groups excluding tert-OH is 1. The molecule has 1 unspecified atom stereocenters. The summed E-state index contributed by atoms with van der Waals surface area (Å²) in [6.45, 7) is 8.88. The maximum absolute atomic E-state index is 14.0. The van der Waals surface area contributed by atoms with Crippen molar-refractivity contribution in [1.29, 1.82) is 0 Å². The molecule has 0 aromatic carbocycles. The van der Waals surface area contributed by atoms with E-state index >= 15 is 0 Å². The third-order valence-electron chi connectivity index (χ3n) is 7.56. The van der Waals surface area contributed by atoms with E-state index in [9.17, 15) is 14.4 Å². The van der Waals surface area contributed by atoms with Crippen LogP contribution in [-0.4, -0.2) is 81.8 Å². The number of ether oxygens (including phenoxy) is 2. The maximum atomic E-state index is 14.0. The summed E-state index contributed by atoms with van der Waals surface area (Å²) in [5.74, 6) is -2.47. The van der Waals surface area contributed by atoms with Crippen LogP contribution in [0.5, 0.6) is 0 Å². The summed E-state index contributed by atoms with van der Waals surface area (Å²) >= 11 is 0. The number of likely N-dealkylation sites (tertiary alicyclic amines) is 1. The van der Waals surface area contributed by atoms with Crippen LogP contribution in [0, 0.1) is 11.8 Å². The van der Waals surface area contributed by atoms with Crippen LogP contribution in [0.15, 0.2) is 24.3 Å². The Kier molecular flexibility index (Phi) is 6.20. The van der Waals surface area contributed by atoms with E-state index in [0.29, 0.717) is 32.4 Å². The number of carbonyl (C=O) groups excluding carboxylic acids is 3. The number of cyclic esters (lactones) is 1. The van der Waals surface area contributed by atoms with Gasteiger partial charge < -0.3 is 24.4 Å². The van der Waals surface area contributed by atoms with E-state index in [4.69, 9.17) is 14.6 Å². The molecule has 0 bridgehead atoms. The molecule has 2 fully saturated rings. The first kappa shape index (κ1) is 24.0. The summed E-state index contributed by atoms with van der Waals surface area (Å²) in [7, 11) is 0. The molecule has 2 saturated heterocycles. The van der Waals surface area contributed by atoms with E-state index in [1.54, 1.807) is 15.9 Å². The van der Waals surface area contributed by atoms with Crippen LogP contribution < -0.4 is 0 Å². The Morgan fingerprint density at radius 3 is 2.48 bits per heavy atom. The Morgan fingerprint density at radius 1 is 1.06 bits per heavy atom. The number of hydrogen-bond donors (Lipinski definition) is 1. The number of carbonyl (C=O) groups is 3. The first-order valence-corrected chi connectivity index (χ1v) is 12.1. The molecule has 2 amide bonds. The molecule has 0 aromatic rings. The molecule has 5 atom stereocenters. The predicted octanol–water partition coefficient (Wildman–Crippen LogP) is 1.82. The number of esters is 1. The minimum Gasteiger partial charge on any atom is -0.461 e. The van der Waals surface area contributed by atoms with Crippen LogP contribution >= 0.6 is 0 Å². The molecule has 4 heterocycles. The Balaban J connectivity index is 1.83. The molecule has 1 spiro atoms. The summed E-state index contributed by atoms with van der Waals surface area (Å²) in [6.07, 6.45) is 9.93. The summed E-state index contributed by atoms with van der Waals surface area (Å²) < 4.78 is 12.2. The molecule has 4 rings (SSSR count). The van der Waals surface area contributed by atoms with Gasteiger partial charge in [-0.15, -0.1) is 0 Å². The van der Waals surface area contributed by atoms with Crippen molar-refractivity contribution in [3.8, 4) is 0 Å². The summed E-state index contributed by atoms with van der Waals surface area (Å²) in [4.78, 5) is 44.6. The fourth-order valence-corrected chi connectivity index (χ4v) is 6.01. The van der Waals surface area contributed by atoms with Crippen molar-refractivity contribution < 1.29 is 29.0 Å². The van der Waals surface area contributed by atoms with Crippen LogP contribution in [0.2, 0.25) is 0 Å². The second kappa shape index (κ2) is 8.55. The van der Waals surface area contributed by atoms with Gasteiger partial charge in [-0.05, 0) is 52.5 Å². The van der Waals surface area contributed by atoms with Gasteiger partial charge in [0.25, 0.3) is 0 Å². The lowest BCUT2D eigenvalue weighted by Crippen LogP contribution is -2.59. The average Bonchev–Trinajstić information content (AvgIpc) is 3.02. The lowest BCUT2D eigenvalue weighted by Gasteiger charge is -2.41. The Morgan fingerprint density at radius 2 is 1.82 bits per heavy atom. The first-order valence-electron chi connectivity index (χ1n) is 12.1. The normalized spacial score (nSPS) is 35.8. The second-order valence-electron chi connectivity index (χ2n) is 10.5. The van der Waals surface area contributed by atoms with Gasteiger partial charge in [-0.25, -0.2) is 0 Å². The highest BCUT2D eigenvalue weighted by molar-refractivity contribution is 5.99. The fourth-order valence-electron chi connectivity index (χ4n) is 6.01. The monoisotopic (exact) mass is 460 g/mol. The highest BCUT2D eigenvalue weighted by atomic mass is 16.6. The number of unbranched alkanes of at least 4 members (excludes halogenated alkanes) is 2. The predicted molar refractivity (Wildman–Crippen MR) is 121 cm³/mol. The van der Waals surface area contributed by atoms with Crippen LogP contribution in [-0.2, 0) is 23.9 Å². The van der Waals surface area contributed by atoms with Gasteiger partial charge in [-0.1, -0.05) is 25.2 Å². The zero-order chi connectivity index (χ0) is 24.0. The SMILES string of the molecule is CC[C@]12C=CCOC(=O)[C@H]1[C@H]1C(=O)N(CCCCCO)C3C(=O)N(C(C)(C)C)CC=C[C@@]31O2. The van der Waals surface area contributed by atoms with E-state index in [2.05, 4.69) is 0 Å². The molecular formula is C25H36N2O6. The standard InChI is InChI=1S/C25H36N2O6/c1-5-24-11-10-16-32-22(31)18(24)17-20(29)26(13-7-6-8-15-28)19-21(30)27(23(2,3)4)14-9-12-25(17,19)33-24/h9-12,17-19,28H,5-8,13-16H2,1-4H3/t17-,18+,19?,24-,25-/m0/s1. The third kappa shape index (κ3) is 3.62. The van der Waals surface area contributed by atoms with E-state index in [0.717, 1.165) is 6.42 Å². The smallest absolute Gasteiger partial charge is 0.313 e. The average molecular weight is 461 g/mol. The van der Waals surface area contributed by atoms with Crippen molar-refractivity contribution in [1.82, 2.24) is 9.80 Å². The van der Waals surface area contributed by atoms with E-state index < -0.39 is 40.6 Å². The van der Waals surface area contributed by atoms with Crippen molar-refractivity contribution in [2.24, 2.45) is 11.8 Å². The van der Waals surface area contributed by atoms with E-state index in [1.807, 2.05) is 45.9 Å². The van der Waals surface area contributed by atoms with E-state index in [-0.39, 0.29) is 25.0 Å². The van der Waals surface area contributed by atoms with Crippen LogP contribution in [0.1, 0.15) is 53.4 Å². The van der Waals surface area contributed by atoms with Gasteiger partial charge in [-0.2, -0.15) is 0 Å². The number of nitrogens with zero attached hydrogens (tertiary/aromatic N) is 2. The molecule has 0 radical (unpaired) electrons. The lowest BCUT2D eigenvalue weighted by atomic mass is 9.73. The number of amides is 2. The van der Waals surface area contributed by atoms with Gasteiger partial charge in [0.05, 0.1) is 5.92 Å². The maximum Gasteiger partial charge on any atom is 0.313 e. The van der Waals surface area contributed by atoms with Crippen molar-refractivity contribution in [2.75, 3.05) is 26.3 Å². The van der Waals surface area contributed by atoms with Crippen molar-refractivity contribution >= 4 is 17.8 Å². The highest BCUT2D eigenvalue weighted by Gasteiger charge is 2.75. The van der Waals surface area contributed by atoms with Crippen molar-refractivity contribution in [3.05, 3.63) is 24.3 Å². The van der Waals surface area contributed by atoms with Gasteiger partial charge in [0.1, 0.15) is 29.8 Å². The zero-order valence-electron chi connectivity index (χ0n) is 20.1. The molecule has 4 aliphatic rings. The molecule has 4 aliphatic heterocycles. The van der Waals surface area contributed by atoms with E-state index in [1.165, 1.54) is 0 Å². The van der Waals surface area contributed by atoms with Crippen LogP contribution in [0.3, 0.4) is 0 Å². The summed E-state index contributed by atoms with van der Waals surface area (Å²) in [5, 5.41) is 9.14.